The fourth-order valence-corrected chi connectivity index (χ4v) is 2.22. The van der Waals surface area contributed by atoms with Crippen LogP contribution in [0.2, 0.25) is 0 Å². The highest BCUT2D eigenvalue weighted by Crippen LogP contribution is 2.20. The quantitative estimate of drug-likeness (QED) is 0.849. The molecule has 0 aliphatic rings. The molecular formula is C18H24N2. The molecule has 0 amide bonds. The maximum Gasteiger partial charge on any atom is 0.0346 e. The van der Waals surface area contributed by atoms with E-state index in [4.69, 9.17) is 0 Å². The first-order valence-corrected chi connectivity index (χ1v) is 7.45. The van der Waals surface area contributed by atoms with Gasteiger partial charge in [0.1, 0.15) is 0 Å². The van der Waals surface area contributed by atoms with E-state index in [2.05, 4.69) is 61.4 Å². The summed E-state index contributed by atoms with van der Waals surface area (Å²) in [7, 11) is 0. The van der Waals surface area contributed by atoms with Gasteiger partial charge < -0.3 is 5.32 Å². The lowest BCUT2D eigenvalue weighted by molar-refractivity contribution is 0.588. The lowest BCUT2D eigenvalue weighted by Gasteiger charge is -2.09. The van der Waals surface area contributed by atoms with Crippen molar-refractivity contribution < 1.29 is 0 Å². The van der Waals surface area contributed by atoms with Crippen LogP contribution < -0.4 is 5.32 Å². The minimum Gasteiger partial charge on any atom is -0.310 e. The summed E-state index contributed by atoms with van der Waals surface area (Å²) in [5, 5.41) is 3.43. The second kappa shape index (κ2) is 7.20. The number of pyridine rings is 1. The van der Waals surface area contributed by atoms with E-state index in [1.165, 1.54) is 28.7 Å². The van der Waals surface area contributed by atoms with Crippen molar-refractivity contribution in [1.29, 1.82) is 0 Å². The van der Waals surface area contributed by atoms with Crippen molar-refractivity contribution in [2.75, 3.05) is 0 Å². The highest BCUT2D eigenvalue weighted by atomic mass is 14.9. The van der Waals surface area contributed by atoms with Gasteiger partial charge in [-0.25, -0.2) is 0 Å². The molecule has 0 fully saturated rings. The molecule has 0 bridgehead atoms. The Morgan fingerprint density at radius 3 is 2.40 bits per heavy atom. The Hall–Kier alpha value is -1.67. The largest absolute Gasteiger partial charge is 0.310 e. The molecule has 0 atom stereocenters. The normalized spacial score (nSPS) is 11.0. The first kappa shape index (κ1) is 14.7. The monoisotopic (exact) mass is 268 g/mol. The van der Waals surface area contributed by atoms with E-state index in [1.54, 1.807) is 0 Å². The van der Waals surface area contributed by atoms with Gasteiger partial charge >= 0.3 is 0 Å². The van der Waals surface area contributed by atoms with E-state index in [9.17, 15) is 0 Å². The fourth-order valence-electron chi connectivity index (χ4n) is 2.22. The predicted octanol–water partition coefficient (Wildman–Crippen LogP) is 4.20. The van der Waals surface area contributed by atoms with Gasteiger partial charge in [0.15, 0.2) is 0 Å². The maximum atomic E-state index is 4.36. The van der Waals surface area contributed by atoms with Gasteiger partial charge in [0.2, 0.25) is 0 Å². The van der Waals surface area contributed by atoms with Crippen molar-refractivity contribution in [3.63, 3.8) is 0 Å². The summed E-state index contributed by atoms with van der Waals surface area (Å²) in [5.41, 5.74) is 5.07. The average Bonchev–Trinajstić information content (AvgIpc) is 2.47. The molecule has 2 rings (SSSR count). The molecule has 0 radical (unpaired) electrons. The van der Waals surface area contributed by atoms with Crippen LogP contribution in [0.25, 0.3) is 11.1 Å². The summed E-state index contributed by atoms with van der Waals surface area (Å²) in [6.07, 6.45) is 6.21. The third kappa shape index (κ3) is 4.17. The van der Waals surface area contributed by atoms with E-state index in [-0.39, 0.29) is 0 Å². The highest BCUT2D eigenvalue weighted by molar-refractivity contribution is 5.63. The van der Waals surface area contributed by atoms with E-state index in [1.807, 2.05) is 12.4 Å². The summed E-state index contributed by atoms with van der Waals surface area (Å²) < 4.78 is 0. The Morgan fingerprint density at radius 2 is 1.75 bits per heavy atom. The second-order valence-corrected chi connectivity index (χ2v) is 5.56. The Kier molecular flexibility index (Phi) is 5.31. The lowest BCUT2D eigenvalue weighted by Crippen LogP contribution is -2.21. The van der Waals surface area contributed by atoms with E-state index < -0.39 is 0 Å². The minimum absolute atomic E-state index is 0.493. The van der Waals surface area contributed by atoms with Gasteiger partial charge in [-0.15, -0.1) is 0 Å². The van der Waals surface area contributed by atoms with Gasteiger partial charge in [0.05, 0.1) is 0 Å². The number of aromatic nitrogens is 1. The predicted molar refractivity (Wildman–Crippen MR) is 85.6 cm³/mol. The number of rotatable bonds is 6. The zero-order valence-electron chi connectivity index (χ0n) is 12.7. The minimum atomic E-state index is 0.493. The molecule has 0 aliphatic heterocycles. The van der Waals surface area contributed by atoms with Crippen LogP contribution in [-0.2, 0) is 13.0 Å². The van der Waals surface area contributed by atoms with Crippen molar-refractivity contribution in [2.45, 2.75) is 46.2 Å². The Labute approximate surface area is 122 Å². The molecule has 2 nitrogen and oxygen atoms in total. The molecule has 0 aliphatic carbocycles. The topological polar surface area (TPSA) is 24.9 Å². The Morgan fingerprint density at radius 1 is 1.00 bits per heavy atom. The first-order chi connectivity index (χ1) is 9.69. The van der Waals surface area contributed by atoms with Gasteiger partial charge in [0.25, 0.3) is 0 Å². The Balaban J connectivity index is 2.13. The van der Waals surface area contributed by atoms with Crippen molar-refractivity contribution in [3.05, 3.63) is 53.9 Å². The van der Waals surface area contributed by atoms with Crippen LogP contribution in [0, 0.1) is 0 Å². The van der Waals surface area contributed by atoms with Crippen LogP contribution in [0.4, 0.5) is 0 Å². The number of hydrogen-bond donors (Lipinski definition) is 1. The van der Waals surface area contributed by atoms with Crippen LogP contribution in [0.5, 0.6) is 0 Å². The van der Waals surface area contributed by atoms with Crippen molar-refractivity contribution in [1.82, 2.24) is 10.3 Å². The number of benzene rings is 1. The molecule has 20 heavy (non-hydrogen) atoms. The standard InChI is InChI=1S/C18H24N2/c1-4-5-15-6-8-17(9-7-15)18-10-16(11-19-13-18)12-20-14(2)3/h6-11,13-14,20H,4-5,12H2,1-3H3. The number of aryl methyl sites for hydroxylation is 1. The molecule has 2 aromatic rings. The van der Waals surface area contributed by atoms with Gasteiger partial charge in [-0.2, -0.15) is 0 Å². The van der Waals surface area contributed by atoms with Crippen LogP contribution in [0.15, 0.2) is 42.7 Å². The highest BCUT2D eigenvalue weighted by Gasteiger charge is 2.01. The molecular weight excluding hydrogens is 244 g/mol. The summed E-state index contributed by atoms with van der Waals surface area (Å²) in [4.78, 5) is 4.36. The summed E-state index contributed by atoms with van der Waals surface area (Å²) in [6.45, 7) is 7.39. The van der Waals surface area contributed by atoms with Gasteiger partial charge in [-0.1, -0.05) is 51.5 Å². The van der Waals surface area contributed by atoms with Crippen molar-refractivity contribution in [2.24, 2.45) is 0 Å². The number of nitrogens with zero attached hydrogens (tertiary/aromatic N) is 1. The van der Waals surface area contributed by atoms with E-state index in [0.717, 1.165) is 13.0 Å². The van der Waals surface area contributed by atoms with Crippen LogP contribution in [0.3, 0.4) is 0 Å². The molecule has 0 spiro atoms. The summed E-state index contributed by atoms with van der Waals surface area (Å²) in [6, 6.07) is 11.5. The number of hydrogen-bond acceptors (Lipinski definition) is 2. The molecule has 1 aromatic carbocycles. The fraction of sp³-hybridized carbons (Fsp3) is 0.389. The summed E-state index contributed by atoms with van der Waals surface area (Å²) >= 11 is 0. The molecule has 2 heteroatoms. The Bertz CT molecular complexity index is 529. The molecule has 1 heterocycles. The molecule has 0 saturated carbocycles. The van der Waals surface area contributed by atoms with Crippen molar-refractivity contribution in [3.8, 4) is 11.1 Å². The van der Waals surface area contributed by atoms with Gasteiger partial charge in [-0.3, -0.25) is 4.98 Å². The molecule has 106 valence electrons. The zero-order valence-corrected chi connectivity index (χ0v) is 12.7. The van der Waals surface area contributed by atoms with Crippen LogP contribution in [-0.4, -0.2) is 11.0 Å². The molecule has 1 aromatic heterocycles. The first-order valence-electron chi connectivity index (χ1n) is 7.45. The van der Waals surface area contributed by atoms with Crippen molar-refractivity contribution >= 4 is 0 Å². The second-order valence-electron chi connectivity index (χ2n) is 5.56. The van der Waals surface area contributed by atoms with E-state index >= 15 is 0 Å². The zero-order chi connectivity index (χ0) is 14.4. The lowest BCUT2D eigenvalue weighted by atomic mass is 10.0. The third-order valence-electron chi connectivity index (χ3n) is 3.34. The van der Waals surface area contributed by atoms with Crippen LogP contribution in [0.1, 0.15) is 38.3 Å². The van der Waals surface area contributed by atoms with E-state index in [0.29, 0.717) is 6.04 Å². The smallest absolute Gasteiger partial charge is 0.0346 e. The average molecular weight is 268 g/mol. The molecule has 0 saturated heterocycles. The van der Waals surface area contributed by atoms with Crippen LogP contribution >= 0.6 is 0 Å². The third-order valence-corrected chi connectivity index (χ3v) is 3.34. The molecule has 0 unspecified atom stereocenters. The maximum absolute atomic E-state index is 4.36. The molecule has 1 N–H and O–H groups in total. The number of nitrogens with one attached hydrogen (secondary N) is 1. The summed E-state index contributed by atoms with van der Waals surface area (Å²) in [5.74, 6) is 0. The van der Waals surface area contributed by atoms with Gasteiger partial charge in [0, 0.05) is 30.5 Å². The SMILES string of the molecule is CCCc1ccc(-c2cncc(CNC(C)C)c2)cc1. The van der Waals surface area contributed by atoms with Gasteiger partial charge in [-0.05, 0) is 29.2 Å².